The van der Waals surface area contributed by atoms with E-state index in [9.17, 15) is 4.79 Å². The SMILES string of the molecule is C=C(C)C(=O)OC(C)NC.O=S(=O)(O)O. The molecule has 0 aliphatic carbocycles. The van der Waals surface area contributed by atoms with Gasteiger partial charge >= 0.3 is 16.4 Å². The van der Waals surface area contributed by atoms with Crippen molar-refractivity contribution >= 4 is 16.4 Å². The van der Waals surface area contributed by atoms with Gasteiger partial charge in [-0.3, -0.25) is 14.4 Å². The molecule has 0 saturated heterocycles. The molecule has 3 N–H and O–H groups in total. The Morgan fingerprint density at radius 1 is 1.47 bits per heavy atom. The third kappa shape index (κ3) is 19.4. The lowest BCUT2D eigenvalue weighted by Crippen LogP contribution is -2.27. The second kappa shape index (κ2) is 7.35. The molecule has 0 amide bonds. The molecule has 0 aliphatic heterocycles. The van der Waals surface area contributed by atoms with Crippen molar-refractivity contribution in [2.75, 3.05) is 7.05 Å². The molecule has 8 heteroatoms. The van der Waals surface area contributed by atoms with Crippen LogP contribution in [-0.4, -0.2) is 36.8 Å². The molecule has 0 aromatic carbocycles. The van der Waals surface area contributed by atoms with Crippen LogP contribution in [0.15, 0.2) is 12.2 Å². The molecule has 90 valence electrons. The van der Waals surface area contributed by atoms with Gasteiger partial charge in [-0.15, -0.1) is 0 Å². The number of hydrogen-bond donors (Lipinski definition) is 3. The summed E-state index contributed by atoms with van der Waals surface area (Å²) in [6.07, 6.45) is -0.246. The molecule has 1 atom stereocenters. The van der Waals surface area contributed by atoms with Gasteiger partial charge in [0.2, 0.25) is 0 Å². The molecule has 7 nitrogen and oxygen atoms in total. The van der Waals surface area contributed by atoms with Crippen molar-refractivity contribution < 1.29 is 27.1 Å². The maximum absolute atomic E-state index is 10.8. The zero-order valence-corrected chi connectivity index (χ0v) is 9.54. The summed E-state index contributed by atoms with van der Waals surface area (Å²) in [5, 5.41) is 2.77. The summed E-state index contributed by atoms with van der Waals surface area (Å²) < 4.78 is 36.4. The fraction of sp³-hybridized carbons (Fsp3) is 0.571. The van der Waals surface area contributed by atoms with Crippen LogP contribution in [0.1, 0.15) is 13.8 Å². The van der Waals surface area contributed by atoms with Gasteiger partial charge in [0.15, 0.2) is 6.23 Å². The quantitative estimate of drug-likeness (QED) is 0.276. The van der Waals surface area contributed by atoms with E-state index >= 15 is 0 Å². The van der Waals surface area contributed by atoms with Crippen LogP contribution in [0.25, 0.3) is 0 Å². The third-order valence-corrected chi connectivity index (χ3v) is 1.04. The zero-order chi connectivity index (χ0) is 12.6. The Balaban J connectivity index is 0. The summed E-state index contributed by atoms with van der Waals surface area (Å²) in [4.78, 5) is 10.8. The number of rotatable bonds is 3. The van der Waals surface area contributed by atoms with Gasteiger partial charge < -0.3 is 4.74 Å². The van der Waals surface area contributed by atoms with E-state index < -0.39 is 10.4 Å². The average Bonchev–Trinajstić information content (AvgIpc) is 2.00. The Labute approximate surface area is 88.7 Å². The molecule has 0 heterocycles. The van der Waals surface area contributed by atoms with E-state index in [-0.39, 0.29) is 12.2 Å². The van der Waals surface area contributed by atoms with Crippen LogP contribution in [0.4, 0.5) is 0 Å². The van der Waals surface area contributed by atoms with Crippen LogP contribution in [0.2, 0.25) is 0 Å². The van der Waals surface area contributed by atoms with E-state index in [0.29, 0.717) is 5.57 Å². The summed E-state index contributed by atoms with van der Waals surface area (Å²) in [7, 11) is -2.95. The molecular weight excluding hydrogens is 226 g/mol. The van der Waals surface area contributed by atoms with Crippen LogP contribution in [-0.2, 0) is 19.9 Å². The first-order valence-corrected chi connectivity index (χ1v) is 5.21. The number of nitrogens with one attached hydrogen (secondary N) is 1. The Hall–Kier alpha value is -0.960. The van der Waals surface area contributed by atoms with Crippen molar-refractivity contribution in [2.45, 2.75) is 20.1 Å². The summed E-state index contributed by atoms with van der Waals surface area (Å²) in [6.45, 7) is 6.81. The van der Waals surface area contributed by atoms with Gasteiger partial charge in [-0.1, -0.05) is 6.58 Å². The number of esters is 1. The lowest BCUT2D eigenvalue weighted by molar-refractivity contribution is -0.144. The Morgan fingerprint density at radius 3 is 2.00 bits per heavy atom. The van der Waals surface area contributed by atoms with Gasteiger partial charge in [0.1, 0.15) is 0 Å². The Kier molecular flexibility index (Phi) is 8.07. The average molecular weight is 241 g/mol. The molecule has 0 aromatic rings. The predicted octanol–water partition coefficient (Wildman–Crippen LogP) is 0.0183. The van der Waals surface area contributed by atoms with E-state index in [4.69, 9.17) is 22.3 Å². The molecule has 0 fully saturated rings. The first-order chi connectivity index (χ1) is 6.57. The normalized spacial score (nSPS) is 12.1. The fourth-order valence-corrected chi connectivity index (χ4v) is 0.320. The second-order valence-electron chi connectivity index (χ2n) is 2.56. The minimum absolute atomic E-state index is 0.246. The van der Waals surface area contributed by atoms with Crippen molar-refractivity contribution in [3.63, 3.8) is 0 Å². The highest BCUT2D eigenvalue weighted by atomic mass is 32.3. The minimum Gasteiger partial charge on any atom is -0.444 e. The molecule has 0 radical (unpaired) electrons. The molecule has 0 saturated carbocycles. The molecule has 0 rings (SSSR count). The van der Waals surface area contributed by atoms with E-state index in [2.05, 4.69) is 11.9 Å². The van der Waals surface area contributed by atoms with Crippen LogP contribution in [0, 0.1) is 0 Å². The second-order valence-corrected chi connectivity index (χ2v) is 3.46. The highest BCUT2D eigenvalue weighted by Gasteiger charge is 2.06. The minimum atomic E-state index is -4.67. The van der Waals surface area contributed by atoms with E-state index in [1.807, 2.05) is 0 Å². The molecule has 0 aromatic heterocycles. The van der Waals surface area contributed by atoms with Crippen molar-refractivity contribution in [1.29, 1.82) is 0 Å². The van der Waals surface area contributed by atoms with Gasteiger partial charge in [0, 0.05) is 5.57 Å². The molecule has 1 unspecified atom stereocenters. The van der Waals surface area contributed by atoms with Crippen LogP contribution >= 0.6 is 0 Å². The van der Waals surface area contributed by atoms with E-state index in [1.165, 1.54) is 0 Å². The number of ether oxygens (including phenoxy) is 1. The summed E-state index contributed by atoms with van der Waals surface area (Å²) >= 11 is 0. The van der Waals surface area contributed by atoms with Gasteiger partial charge in [-0.2, -0.15) is 8.42 Å². The van der Waals surface area contributed by atoms with Crippen molar-refractivity contribution in [1.82, 2.24) is 5.32 Å². The smallest absolute Gasteiger partial charge is 0.394 e. The van der Waals surface area contributed by atoms with Gasteiger partial charge in [-0.25, -0.2) is 4.79 Å². The maximum atomic E-state index is 10.8. The topological polar surface area (TPSA) is 113 Å². The summed E-state index contributed by atoms with van der Waals surface area (Å²) in [5.41, 5.74) is 0.419. The molecule has 0 bridgehead atoms. The Bertz CT molecular complexity index is 301. The molecule has 15 heavy (non-hydrogen) atoms. The van der Waals surface area contributed by atoms with Crippen molar-refractivity contribution in [3.05, 3.63) is 12.2 Å². The van der Waals surface area contributed by atoms with E-state index in [0.717, 1.165) is 0 Å². The standard InChI is InChI=1S/C7H13NO2.H2O4S/c1-5(2)7(9)10-6(3)8-4;1-5(2,3)4/h6,8H,1H2,2-4H3;(H2,1,2,3,4). The van der Waals surface area contributed by atoms with Crippen LogP contribution in [0.5, 0.6) is 0 Å². The molecule has 0 aliphatic rings. The lowest BCUT2D eigenvalue weighted by atomic mass is 10.4. The summed E-state index contributed by atoms with van der Waals surface area (Å²) in [6, 6.07) is 0. The molecular formula is C7H15NO6S. The third-order valence-electron chi connectivity index (χ3n) is 1.04. The highest BCUT2D eigenvalue weighted by Crippen LogP contribution is 1.94. The fourth-order valence-electron chi connectivity index (χ4n) is 0.320. The van der Waals surface area contributed by atoms with Crippen molar-refractivity contribution in [2.24, 2.45) is 0 Å². The zero-order valence-electron chi connectivity index (χ0n) is 8.72. The maximum Gasteiger partial charge on any atom is 0.394 e. The monoisotopic (exact) mass is 241 g/mol. The Morgan fingerprint density at radius 2 is 1.80 bits per heavy atom. The van der Waals surface area contributed by atoms with E-state index in [1.54, 1.807) is 20.9 Å². The van der Waals surface area contributed by atoms with Gasteiger partial charge in [0.05, 0.1) is 0 Å². The predicted molar refractivity (Wildman–Crippen MR) is 53.6 cm³/mol. The summed E-state index contributed by atoms with van der Waals surface area (Å²) in [5.74, 6) is -0.359. The largest absolute Gasteiger partial charge is 0.444 e. The number of carbonyl (C=O) groups is 1. The van der Waals surface area contributed by atoms with Crippen molar-refractivity contribution in [3.8, 4) is 0 Å². The van der Waals surface area contributed by atoms with Gasteiger partial charge in [0.25, 0.3) is 0 Å². The van der Waals surface area contributed by atoms with Crippen LogP contribution < -0.4 is 5.32 Å². The van der Waals surface area contributed by atoms with Gasteiger partial charge in [-0.05, 0) is 20.9 Å². The first kappa shape index (κ1) is 16.5. The lowest BCUT2D eigenvalue weighted by Gasteiger charge is -2.10. The first-order valence-electron chi connectivity index (χ1n) is 3.81. The number of carbonyl (C=O) groups excluding carboxylic acids is 1. The number of hydrogen-bond acceptors (Lipinski definition) is 5. The highest BCUT2D eigenvalue weighted by molar-refractivity contribution is 7.79. The van der Waals surface area contributed by atoms with Crippen LogP contribution in [0.3, 0.4) is 0 Å². The molecule has 0 spiro atoms.